The molecule has 2 aromatic carbocycles. The fraction of sp³-hybridized carbons (Fsp3) is 0.320. The molecule has 1 aromatic heterocycles. The van der Waals surface area contributed by atoms with Crippen molar-refractivity contribution in [3.8, 4) is 11.5 Å². The fourth-order valence-corrected chi connectivity index (χ4v) is 4.27. The summed E-state index contributed by atoms with van der Waals surface area (Å²) < 4.78 is 35.6. The Morgan fingerprint density at radius 1 is 1.03 bits per heavy atom. The molecule has 0 bridgehead atoms. The van der Waals surface area contributed by atoms with Gasteiger partial charge in [0.05, 0.1) is 37.3 Å². The van der Waals surface area contributed by atoms with E-state index in [4.69, 9.17) is 18.9 Å². The van der Waals surface area contributed by atoms with E-state index in [1.165, 1.54) is 30.6 Å². The topological polar surface area (TPSA) is 107 Å². The smallest absolute Gasteiger partial charge is 0.259 e. The van der Waals surface area contributed by atoms with Gasteiger partial charge < -0.3 is 24.3 Å². The molecule has 36 heavy (non-hydrogen) atoms. The van der Waals surface area contributed by atoms with Crippen molar-refractivity contribution in [2.75, 3.05) is 47.7 Å². The lowest BCUT2D eigenvalue weighted by atomic mass is 10.1. The van der Waals surface area contributed by atoms with Crippen molar-refractivity contribution >= 4 is 38.9 Å². The van der Waals surface area contributed by atoms with Gasteiger partial charge in [-0.3, -0.25) is 9.59 Å². The predicted molar refractivity (Wildman–Crippen MR) is 136 cm³/mol. The van der Waals surface area contributed by atoms with Crippen LogP contribution in [0.1, 0.15) is 22.3 Å². The van der Waals surface area contributed by atoms with E-state index in [9.17, 15) is 14.0 Å². The van der Waals surface area contributed by atoms with Gasteiger partial charge in [0.15, 0.2) is 11.5 Å². The molecular weight excluding hydrogens is 489 g/mol. The summed E-state index contributed by atoms with van der Waals surface area (Å²) in [5.74, 6) is -0.435. The van der Waals surface area contributed by atoms with Crippen LogP contribution in [-0.4, -0.2) is 65.2 Å². The standard InChI is InChI=1S/C25H28FN3O6S/c1-32-10-9-20(18-15-36-24-17(18)5-4-6-19(24)26)28-29-23(30)14-27-25(31)16-7-8-21(22(13-16)34-3)35-12-11-33-2/h4-8,13,15H,9-12,14H2,1-3H3,(H,27,31)(H,29,30)/b28-20+. The molecule has 192 valence electrons. The van der Waals surface area contributed by atoms with E-state index in [1.54, 1.807) is 43.9 Å². The molecule has 11 heteroatoms. The molecule has 0 unspecified atom stereocenters. The Balaban J connectivity index is 1.63. The number of ether oxygens (including phenoxy) is 4. The average molecular weight is 518 g/mol. The van der Waals surface area contributed by atoms with Gasteiger partial charge in [-0.05, 0) is 24.3 Å². The van der Waals surface area contributed by atoms with E-state index in [0.29, 0.717) is 59.1 Å². The molecule has 0 fully saturated rings. The maximum Gasteiger partial charge on any atom is 0.259 e. The summed E-state index contributed by atoms with van der Waals surface area (Å²) in [7, 11) is 4.60. The Bertz CT molecular complexity index is 1230. The second kappa shape index (κ2) is 13.5. The van der Waals surface area contributed by atoms with Crippen molar-refractivity contribution < 1.29 is 32.9 Å². The Kier molecular flexibility index (Phi) is 10.2. The first kappa shape index (κ1) is 27.1. The van der Waals surface area contributed by atoms with Gasteiger partial charge in [0, 0.05) is 42.5 Å². The molecule has 0 saturated carbocycles. The van der Waals surface area contributed by atoms with Gasteiger partial charge in [-0.1, -0.05) is 12.1 Å². The summed E-state index contributed by atoms with van der Waals surface area (Å²) in [5, 5.41) is 9.29. The summed E-state index contributed by atoms with van der Waals surface area (Å²) in [6, 6.07) is 9.54. The second-order valence-corrected chi connectivity index (χ2v) is 8.37. The third-order valence-electron chi connectivity index (χ3n) is 5.10. The van der Waals surface area contributed by atoms with Crippen LogP contribution in [0.15, 0.2) is 46.9 Å². The lowest BCUT2D eigenvalue weighted by Gasteiger charge is -2.12. The van der Waals surface area contributed by atoms with Gasteiger partial charge in [0.1, 0.15) is 12.4 Å². The van der Waals surface area contributed by atoms with Crippen LogP contribution < -0.4 is 20.2 Å². The van der Waals surface area contributed by atoms with E-state index >= 15 is 0 Å². The zero-order valence-electron chi connectivity index (χ0n) is 20.3. The van der Waals surface area contributed by atoms with Gasteiger partial charge in [0.2, 0.25) is 0 Å². The van der Waals surface area contributed by atoms with E-state index in [2.05, 4.69) is 15.8 Å². The average Bonchev–Trinajstić information content (AvgIpc) is 3.33. The van der Waals surface area contributed by atoms with Crippen LogP contribution in [0, 0.1) is 5.82 Å². The van der Waals surface area contributed by atoms with Crippen molar-refractivity contribution in [1.82, 2.24) is 10.7 Å². The van der Waals surface area contributed by atoms with Crippen molar-refractivity contribution in [3.05, 3.63) is 58.7 Å². The Hall–Kier alpha value is -3.54. The lowest BCUT2D eigenvalue weighted by Crippen LogP contribution is -2.35. The van der Waals surface area contributed by atoms with Crippen LogP contribution in [0.2, 0.25) is 0 Å². The minimum Gasteiger partial charge on any atom is -0.493 e. The highest BCUT2D eigenvalue weighted by Gasteiger charge is 2.15. The highest BCUT2D eigenvalue weighted by molar-refractivity contribution is 7.17. The van der Waals surface area contributed by atoms with E-state index in [-0.39, 0.29) is 12.4 Å². The number of carbonyl (C=O) groups excluding carboxylic acids is 2. The number of thiophene rings is 1. The summed E-state index contributed by atoms with van der Waals surface area (Å²) in [5.41, 5.74) is 4.02. The first-order valence-electron chi connectivity index (χ1n) is 11.1. The van der Waals surface area contributed by atoms with Crippen molar-refractivity contribution in [1.29, 1.82) is 0 Å². The normalized spacial score (nSPS) is 11.4. The zero-order chi connectivity index (χ0) is 25.9. The molecule has 3 aromatic rings. The molecule has 0 radical (unpaired) electrons. The molecule has 0 spiro atoms. The molecule has 0 aliphatic rings. The third-order valence-corrected chi connectivity index (χ3v) is 6.11. The Morgan fingerprint density at radius 2 is 1.83 bits per heavy atom. The molecule has 2 N–H and O–H groups in total. The number of benzene rings is 2. The van der Waals surface area contributed by atoms with Gasteiger partial charge in [-0.2, -0.15) is 5.10 Å². The van der Waals surface area contributed by atoms with Crippen molar-refractivity contribution in [2.24, 2.45) is 5.10 Å². The largest absolute Gasteiger partial charge is 0.493 e. The van der Waals surface area contributed by atoms with Gasteiger partial charge in [-0.15, -0.1) is 11.3 Å². The zero-order valence-corrected chi connectivity index (χ0v) is 21.1. The van der Waals surface area contributed by atoms with Crippen LogP contribution in [0.3, 0.4) is 0 Å². The first-order chi connectivity index (χ1) is 17.5. The summed E-state index contributed by atoms with van der Waals surface area (Å²) in [6.45, 7) is 0.815. The summed E-state index contributed by atoms with van der Waals surface area (Å²) in [6.07, 6.45) is 0.407. The van der Waals surface area contributed by atoms with Gasteiger partial charge in [-0.25, -0.2) is 9.82 Å². The predicted octanol–water partition coefficient (Wildman–Crippen LogP) is 3.36. The van der Waals surface area contributed by atoms with Gasteiger partial charge in [0.25, 0.3) is 11.8 Å². The highest BCUT2D eigenvalue weighted by Crippen LogP contribution is 2.30. The second-order valence-electron chi connectivity index (χ2n) is 7.49. The molecule has 2 amide bonds. The monoisotopic (exact) mass is 517 g/mol. The number of nitrogens with zero attached hydrogens (tertiary/aromatic N) is 1. The molecule has 0 aliphatic carbocycles. The first-order valence-corrected chi connectivity index (χ1v) is 11.9. The number of fused-ring (bicyclic) bond motifs is 1. The quantitative estimate of drug-likeness (QED) is 0.205. The molecule has 0 aliphatic heterocycles. The maximum absolute atomic E-state index is 14.1. The number of nitrogens with one attached hydrogen (secondary N) is 2. The highest BCUT2D eigenvalue weighted by atomic mass is 32.1. The summed E-state index contributed by atoms with van der Waals surface area (Å²) in [4.78, 5) is 24.9. The van der Waals surface area contributed by atoms with E-state index in [0.717, 1.165) is 5.56 Å². The lowest BCUT2D eigenvalue weighted by molar-refractivity contribution is -0.120. The SMILES string of the molecule is COCCOc1ccc(C(=O)NCC(=O)N/N=C(\CCOC)c2csc3c(F)cccc23)cc1OC. The summed E-state index contributed by atoms with van der Waals surface area (Å²) >= 11 is 1.27. The number of carbonyl (C=O) groups is 2. The number of hydrogen-bond donors (Lipinski definition) is 2. The number of amides is 2. The van der Waals surface area contributed by atoms with Gasteiger partial charge >= 0.3 is 0 Å². The molecule has 9 nitrogen and oxygen atoms in total. The van der Waals surface area contributed by atoms with Crippen LogP contribution in [0.5, 0.6) is 11.5 Å². The molecule has 1 heterocycles. The molecule has 3 rings (SSSR count). The number of hydrazone groups is 1. The van der Waals surface area contributed by atoms with Crippen molar-refractivity contribution in [2.45, 2.75) is 6.42 Å². The minimum absolute atomic E-state index is 0.298. The fourth-order valence-electron chi connectivity index (χ4n) is 3.29. The van der Waals surface area contributed by atoms with E-state index in [1.807, 2.05) is 0 Å². The number of rotatable bonds is 13. The molecular formula is C25H28FN3O6S. The minimum atomic E-state index is -0.518. The number of methoxy groups -OCH3 is 3. The van der Waals surface area contributed by atoms with Crippen molar-refractivity contribution in [3.63, 3.8) is 0 Å². The third kappa shape index (κ3) is 7.00. The van der Waals surface area contributed by atoms with Crippen LogP contribution >= 0.6 is 11.3 Å². The van der Waals surface area contributed by atoms with Crippen LogP contribution in [-0.2, 0) is 14.3 Å². The van der Waals surface area contributed by atoms with Crippen LogP contribution in [0.25, 0.3) is 10.1 Å². The van der Waals surface area contributed by atoms with Crippen LogP contribution in [0.4, 0.5) is 4.39 Å². The Morgan fingerprint density at radius 3 is 2.58 bits per heavy atom. The molecule has 0 atom stereocenters. The Labute approximate surface area is 212 Å². The van der Waals surface area contributed by atoms with E-state index < -0.39 is 11.8 Å². The maximum atomic E-state index is 14.1. The molecule has 0 saturated heterocycles. The number of halogens is 1. The number of hydrogen-bond acceptors (Lipinski definition) is 8.